The summed E-state index contributed by atoms with van der Waals surface area (Å²) in [6, 6.07) is 4.39. The molecule has 0 bridgehead atoms. The van der Waals surface area contributed by atoms with E-state index < -0.39 is 0 Å². The van der Waals surface area contributed by atoms with Crippen molar-refractivity contribution < 1.29 is 0 Å². The molecule has 1 aromatic rings. The quantitative estimate of drug-likeness (QED) is 0.592. The molecule has 0 aliphatic carbocycles. The fourth-order valence-corrected chi connectivity index (χ4v) is 1.97. The molecule has 0 atom stereocenters. The van der Waals surface area contributed by atoms with E-state index >= 15 is 0 Å². The average molecular weight is 195 g/mol. The summed E-state index contributed by atoms with van der Waals surface area (Å²) in [6.45, 7) is 4.30. The van der Waals surface area contributed by atoms with Crippen molar-refractivity contribution in [3.05, 3.63) is 23.3 Å². The molecule has 0 amide bonds. The molecule has 2 heteroatoms. The van der Waals surface area contributed by atoms with Gasteiger partial charge in [-0.15, -0.1) is 11.8 Å². The Morgan fingerprint density at radius 3 is 1.92 bits per heavy atom. The van der Waals surface area contributed by atoms with Crippen molar-refractivity contribution in [2.24, 2.45) is 0 Å². The van der Waals surface area contributed by atoms with Crippen molar-refractivity contribution in [2.75, 3.05) is 12.0 Å². The molecular formula is C11H17NS. The van der Waals surface area contributed by atoms with Crippen molar-refractivity contribution in [1.29, 1.82) is 0 Å². The second-order valence-corrected chi connectivity index (χ2v) is 3.95. The Kier molecular flexibility index (Phi) is 3.67. The SMILES string of the molecule is CCc1cc(SC)cc(CC)c1N. The molecule has 1 aromatic carbocycles. The first kappa shape index (κ1) is 10.5. The van der Waals surface area contributed by atoms with Crippen molar-refractivity contribution in [3.63, 3.8) is 0 Å². The van der Waals surface area contributed by atoms with Gasteiger partial charge in [-0.25, -0.2) is 0 Å². The van der Waals surface area contributed by atoms with Crippen LogP contribution in [0.2, 0.25) is 0 Å². The highest BCUT2D eigenvalue weighted by Gasteiger charge is 2.04. The van der Waals surface area contributed by atoms with Crippen molar-refractivity contribution in [2.45, 2.75) is 31.6 Å². The summed E-state index contributed by atoms with van der Waals surface area (Å²) in [5.74, 6) is 0. The van der Waals surface area contributed by atoms with Crippen LogP contribution >= 0.6 is 11.8 Å². The lowest BCUT2D eigenvalue weighted by Gasteiger charge is -2.10. The van der Waals surface area contributed by atoms with Crippen molar-refractivity contribution in [3.8, 4) is 0 Å². The number of hydrogen-bond donors (Lipinski definition) is 1. The lowest BCUT2D eigenvalue weighted by molar-refractivity contribution is 1.07. The molecule has 0 fully saturated rings. The van der Waals surface area contributed by atoms with E-state index in [9.17, 15) is 0 Å². The van der Waals surface area contributed by atoms with Gasteiger partial charge in [-0.2, -0.15) is 0 Å². The maximum atomic E-state index is 6.02. The van der Waals surface area contributed by atoms with Gasteiger partial charge in [-0.3, -0.25) is 0 Å². The molecule has 72 valence electrons. The van der Waals surface area contributed by atoms with Gasteiger partial charge in [0.15, 0.2) is 0 Å². The van der Waals surface area contributed by atoms with Gasteiger partial charge in [0, 0.05) is 10.6 Å². The number of nitrogen functional groups attached to an aromatic ring is 1. The van der Waals surface area contributed by atoms with Crippen LogP contribution in [0.15, 0.2) is 17.0 Å². The van der Waals surface area contributed by atoms with E-state index in [1.54, 1.807) is 11.8 Å². The van der Waals surface area contributed by atoms with Crippen LogP contribution in [0.3, 0.4) is 0 Å². The minimum Gasteiger partial charge on any atom is -0.398 e. The van der Waals surface area contributed by atoms with Crippen LogP contribution in [0.25, 0.3) is 0 Å². The molecule has 1 nitrogen and oxygen atoms in total. The van der Waals surface area contributed by atoms with E-state index in [0.29, 0.717) is 0 Å². The van der Waals surface area contributed by atoms with Gasteiger partial charge in [0.05, 0.1) is 0 Å². The zero-order valence-corrected chi connectivity index (χ0v) is 9.37. The van der Waals surface area contributed by atoms with Crippen LogP contribution in [0.5, 0.6) is 0 Å². The molecule has 0 aliphatic rings. The summed E-state index contributed by atoms with van der Waals surface area (Å²) < 4.78 is 0. The second kappa shape index (κ2) is 4.56. The predicted molar refractivity (Wildman–Crippen MR) is 61.4 cm³/mol. The fourth-order valence-electron chi connectivity index (χ4n) is 1.45. The summed E-state index contributed by atoms with van der Waals surface area (Å²) in [6.07, 6.45) is 4.14. The number of nitrogens with two attached hydrogens (primary N) is 1. The molecular weight excluding hydrogens is 178 g/mol. The third-order valence-corrected chi connectivity index (χ3v) is 3.03. The van der Waals surface area contributed by atoms with E-state index in [0.717, 1.165) is 18.5 Å². The smallest absolute Gasteiger partial charge is 0.0379 e. The number of benzene rings is 1. The molecule has 0 saturated heterocycles. The van der Waals surface area contributed by atoms with Gasteiger partial charge in [0.1, 0.15) is 0 Å². The van der Waals surface area contributed by atoms with E-state index in [-0.39, 0.29) is 0 Å². The van der Waals surface area contributed by atoms with E-state index in [1.807, 2.05) is 0 Å². The number of anilines is 1. The molecule has 0 spiro atoms. The Hall–Kier alpha value is -0.630. The second-order valence-electron chi connectivity index (χ2n) is 3.07. The molecule has 1 rings (SSSR count). The highest BCUT2D eigenvalue weighted by molar-refractivity contribution is 7.98. The van der Waals surface area contributed by atoms with E-state index in [4.69, 9.17) is 5.73 Å². The Bertz CT molecular complexity index is 269. The van der Waals surface area contributed by atoms with Crippen LogP contribution in [-0.2, 0) is 12.8 Å². The highest BCUT2D eigenvalue weighted by Crippen LogP contribution is 2.26. The van der Waals surface area contributed by atoms with Gasteiger partial charge in [-0.05, 0) is 42.4 Å². The topological polar surface area (TPSA) is 26.0 Å². The molecule has 0 radical (unpaired) electrons. The van der Waals surface area contributed by atoms with Crippen molar-refractivity contribution >= 4 is 17.4 Å². The molecule has 2 N–H and O–H groups in total. The monoisotopic (exact) mass is 195 g/mol. The Labute approximate surface area is 84.7 Å². The summed E-state index contributed by atoms with van der Waals surface area (Å²) >= 11 is 1.78. The molecule has 0 aliphatic heterocycles. The maximum Gasteiger partial charge on any atom is 0.0379 e. The minimum atomic E-state index is 0.989. The van der Waals surface area contributed by atoms with Gasteiger partial charge < -0.3 is 5.73 Å². The summed E-state index contributed by atoms with van der Waals surface area (Å²) in [5, 5.41) is 0. The van der Waals surface area contributed by atoms with Gasteiger partial charge in [0.25, 0.3) is 0 Å². The standard InChI is InChI=1S/C11H17NS/c1-4-8-6-10(13-3)7-9(5-2)11(8)12/h6-7H,4-5,12H2,1-3H3. The minimum absolute atomic E-state index is 0.989. The van der Waals surface area contributed by atoms with Crippen LogP contribution in [0.4, 0.5) is 5.69 Å². The Balaban J connectivity index is 3.20. The zero-order chi connectivity index (χ0) is 9.84. The van der Waals surface area contributed by atoms with Crippen LogP contribution in [-0.4, -0.2) is 6.26 Å². The van der Waals surface area contributed by atoms with Gasteiger partial charge in [-0.1, -0.05) is 13.8 Å². The first-order valence-electron chi connectivity index (χ1n) is 4.68. The van der Waals surface area contributed by atoms with E-state index in [1.165, 1.54) is 16.0 Å². The predicted octanol–water partition coefficient (Wildman–Crippen LogP) is 3.12. The van der Waals surface area contributed by atoms with Crippen LogP contribution in [0.1, 0.15) is 25.0 Å². The molecule has 13 heavy (non-hydrogen) atoms. The number of aryl methyl sites for hydroxylation is 2. The lowest BCUT2D eigenvalue weighted by atomic mass is 10.0. The third-order valence-electron chi connectivity index (χ3n) is 2.32. The number of hydrogen-bond acceptors (Lipinski definition) is 2. The van der Waals surface area contributed by atoms with Crippen LogP contribution in [0, 0.1) is 0 Å². The lowest BCUT2D eigenvalue weighted by Crippen LogP contribution is -1.99. The van der Waals surface area contributed by atoms with Crippen molar-refractivity contribution in [1.82, 2.24) is 0 Å². The first-order chi connectivity index (χ1) is 6.22. The summed E-state index contributed by atoms with van der Waals surface area (Å²) in [5.41, 5.74) is 9.57. The molecule has 0 heterocycles. The highest BCUT2D eigenvalue weighted by atomic mass is 32.2. The number of rotatable bonds is 3. The zero-order valence-electron chi connectivity index (χ0n) is 8.55. The summed E-state index contributed by atoms with van der Waals surface area (Å²) in [7, 11) is 0. The average Bonchev–Trinajstić information content (AvgIpc) is 2.18. The molecule has 0 saturated carbocycles. The Morgan fingerprint density at radius 2 is 1.62 bits per heavy atom. The third kappa shape index (κ3) is 2.19. The van der Waals surface area contributed by atoms with Gasteiger partial charge in [0.2, 0.25) is 0 Å². The van der Waals surface area contributed by atoms with Gasteiger partial charge >= 0.3 is 0 Å². The molecule has 0 aromatic heterocycles. The maximum absolute atomic E-state index is 6.02. The fraction of sp³-hybridized carbons (Fsp3) is 0.455. The first-order valence-corrected chi connectivity index (χ1v) is 5.90. The largest absolute Gasteiger partial charge is 0.398 e. The summed E-state index contributed by atoms with van der Waals surface area (Å²) in [4.78, 5) is 1.32. The number of thioether (sulfide) groups is 1. The normalized spacial score (nSPS) is 10.4. The molecule has 0 unspecified atom stereocenters. The van der Waals surface area contributed by atoms with Crippen LogP contribution < -0.4 is 5.73 Å². The van der Waals surface area contributed by atoms with E-state index in [2.05, 4.69) is 32.2 Å². The Morgan fingerprint density at radius 1 is 1.15 bits per heavy atom.